The Morgan fingerprint density at radius 1 is 1.25 bits per heavy atom. The van der Waals surface area contributed by atoms with Crippen LogP contribution in [0.15, 0.2) is 0 Å². The normalized spacial score (nSPS) is 30.1. The zero-order valence-electron chi connectivity index (χ0n) is 13.1. The number of hydrogen-bond donors (Lipinski definition) is 1. The average molecular weight is 324 g/mol. The molecule has 0 aliphatic heterocycles. The lowest BCUT2D eigenvalue weighted by molar-refractivity contribution is 0.156. The lowest BCUT2D eigenvalue weighted by Gasteiger charge is -2.41. The molecule has 1 aliphatic rings. The summed E-state index contributed by atoms with van der Waals surface area (Å²) < 4.78 is 34.9. The zero-order chi connectivity index (χ0) is 15.6. The van der Waals surface area contributed by atoms with Crippen molar-refractivity contribution in [3.63, 3.8) is 0 Å². The molecule has 0 heterocycles. The number of sulfone groups is 1. The Bertz CT molecular complexity index is 440. The summed E-state index contributed by atoms with van der Waals surface area (Å²) in [6.45, 7) is 7.21. The van der Waals surface area contributed by atoms with Crippen LogP contribution in [0.2, 0.25) is 0 Å². The number of nitrogens with two attached hydrogens (primary N) is 1. The molecular formula is C14H29NO3S2. The van der Waals surface area contributed by atoms with Gasteiger partial charge in [-0.3, -0.25) is 4.21 Å². The van der Waals surface area contributed by atoms with Crippen molar-refractivity contribution in [2.45, 2.75) is 45.3 Å². The van der Waals surface area contributed by atoms with Crippen molar-refractivity contribution in [3.05, 3.63) is 0 Å². The molecule has 120 valence electrons. The van der Waals surface area contributed by atoms with E-state index in [0.717, 1.165) is 19.3 Å². The maximum absolute atomic E-state index is 12.5. The molecule has 4 nitrogen and oxygen atoms in total. The summed E-state index contributed by atoms with van der Waals surface area (Å²) in [6.07, 6.45) is 4.24. The van der Waals surface area contributed by atoms with Crippen LogP contribution < -0.4 is 5.73 Å². The van der Waals surface area contributed by atoms with Gasteiger partial charge in [-0.1, -0.05) is 20.8 Å². The van der Waals surface area contributed by atoms with E-state index < -0.39 is 20.6 Å². The molecule has 20 heavy (non-hydrogen) atoms. The predicted octanol–water partition coefficient (Wildman–Crippen LogP) is 1.57. The molecule has 4 unspecified atom stereocenters. The van der Waals surface area contributed by atoms with Crippen LogP contribution in [0, 0.1) is 17.3 Å². The molecule has 0 aromatic heterocycles. The molecule has 0 amide bonds. The van der Waals surface area contributed by atoms with Crippen molar-refractivity contribution in [1.29, 1.82) is 0 Å². The topological polar surface area (TPSA) is 77.2 Å². The summed E-state index contributed by atoms with van der Waals surface area (Å²) in [6, 6.07) is 0. The highest BCUT2D eigenvalue weighted by Gasteiger charge is 2.38. The van der Waals surface area contributed by atoms with E-state index in [2.05, 4.69) is 20.8 Å². The van der Waals surface area contributed by atoms with E-state index in [1.807, 2.05) is 0 Å². The van der Waals surface area contributed by atoms with Gasteiger partial charge in [-0.15, -0.1) is 0 Å². The Balaban J connectivity index is 2.74. The predicted molar refractivity (Wildman–Crippen MR) is 85.8 cm³/mol. The van der Waals surface area contributed by atoms with Crippen LogP contribution in [-0.2, 0) is 20.6 Å². The third-order valence-electron chi connectivity index (χ3n) is 4.45. The fourth-order valence-corrected chi connectivity index (χ4v) is 6.25. The minimum absolute atomic E-state index is 0.00753. The standard InChI is InChI=1S/C14H29NO3S2/c1-14(2,3)12-6-5-11(10-15)13(9-12)19(16)7-8-20(4,17)18/h11-13H,5-10,15H2,1-4H3. The summed E-state index contributed by atoms with van der Waals surface area (Å²) in [7, 11) is -4.15. The van der Waals surface area contributed by atoms with Crippen molar-refractivity contribution in [2.75, 3.05) is 24.3 Å². The fourth-order valence-electron chi connectivity index (χ4n) is 2.95. The Morgan fingerprint density at radius 2 is 1.85 bits per heavy atom. The Hall–Kier alpha value is 0.0600. The molecule has 6 heteroatoms. The molecule has 0 spiro atoms. The SMILES string of the molecule is CC(C)(C)C1CCC(CN)C(S(=O)CCS(C)(=O)=O)C1. The minimum Gasteiger partial charge on any atom is -0.330 e. The molecule has 1 aliphatic carbocycles. The van der Waals surface area contributed by atoms with Crippen LogP contribution in [0.5, 0.6) is 0 Å². The quantitative estimate of drug-likeness (QED) is 0.833. The van der Waals surface area contributed by atoms with Crippen molar-refractivity contribution in [2.24, 2.45) is 23.0 Å². The van der Waals surface area contributed by atoms with Crippen LogP contribution in [-0.4, -0.2) is 42.2 Å². The third-order valence-corrected chi connectivity index (χ3v) is 7.51. The van der Waals surface area contributed by atoms with Crippen molar-refractivity contribution in [1.82, 2.24) is 0 Å². The van der Waals surface area contributed by atoms with Gasteiger partial charge in [0.05, 0.1) is 5.75 Å². The molecule has 4 atom stereocenters. The zero-order valence-corrected chi connectivity index (χ0v) is 14.7. The van der Waals surface area contributed by atoms with E-state index in [4.69, 9.17) is 5.73 Å². The van der Waals surface area contributed by atoms with Crippen LogP contribution >= 0.6 is 0 Å². The number of hydrogen-bond acceptors (Lipinski definition) is 4. The van der Waals surface area contributed by atoms with Crippen LogP contribution in [0.1, 0.15) is 40.0 Å². The Kier molecular flexibility index (Phi) is 6.23. The molecule has 1 rings (SSSR count). The highest BCUT2D eigenvalue weighted by Crippen LogP contribution is 2.41. The van der Waals surface area contributed by atoms with Gasteiger partial charge in [-0.05, 0) is 43.1 Å². The second kappa shape index (κ2) is 6.88. The van der Waals surface area contributed by atoms with Crippen molar-refractivity contribution in [3.8, 4) is 0 Å². The third kappa shape index (κ3) is 5.45. The molecule has 0 radical (unpaired) electrons. The maximum atomic E-state index is 12.5. The van der Waals surface area contributed by atoms with E-state index in [1.165, 1.54) is 6.26 Å². The molecule has 0 bridgehead atoms. The highest BCUT2D eigenvalue weighted by atomic mass is 32.2. The second-order valence-corrected chi connectivity index (χ2v) is 11.2. The van der Waals surface area contributed by atoms with Crippen molar-refractivity contribution >= 4 is 20.6 Å². The van der Waals surface area contributed by atoms with Gasteiger partial charge < -0.3 is 5.73 Å². The summed E-state index contributed by atoms with van der Waals surface area (Å²) >= 11 is 0. The largest absolute Gasteiger partial charge is 0.330 e. The average Bonchev–Trinajstić information content (AvgIpc) is 2.33. The molecule has 0 saturated heterocycles. The summed E-state index contributed by atoms with van der Waals surface area (Å²) in [5.74, 6) is 1.07. The van der Waals surface area contributed by atoms with Gasteiger partial charge in [-0.2, -0.15) is 0 Å². The Morgan fingerprint density at radius 3 is 2.30 bits per heavy atom. The maximum Gasteiger partial charge on any atom is 0.148 e. The van der Waals surface area contributed by atoms with E-state index in [9.17, 15) is 12.6 Å². The second-order valence-electron chi connectivity index (χ2n) is 7.12. The summed E-state index contributed by atoms with van der Waals surface area (Å²) in [5.41, 5.74) is 6.02. The molecule has 1 fully saturated rings. The smallest absolute Gasteiger partial charge is 0.148 e. The van der Waals surface area contributed by atoms with Gasteiger partial charge >= 0.3 is 0 Å². The summed E-state index contributed by atoms with van der Waals surface area (Å²) in [4.78, 5) is 0. The van der Waals surface area contributed by atoms with Gasteiger partial charge in [0.1, 0.15) is 9.84 Å². The lowest BCUT2D eigenvalue weighted by atomic mass is 9.69. The van der Waals surface area contributed by atoms with Gasteiger partial charge in [-0.25, -0.2) is 8.42 Å². The highest BCUT2D eigenvalue weighted by molar-refractivity contribution is 7.92. The monoisotopic (exact) mass is 323 g/mol. The number of rotatable bonds is 5. The van der Waals surface area contributed by atoms with Crippen LogP contribution in [0.25, 0.3) is 0 Å². The fraction of sp³-hybridized carbons (Fsp3) is 1.00. The van der Waals surface area contributed by atoms with E-state index >= 15 is 0 Å². The first-order valence-corrected chi connectivity index (χ1v) is 10.7. The van der Waals surface area contributed by atoms with E-state index in [0.29, 0.717) is 12.5 Å². The van der Waals surface area contributed by atoms with E-state index in [-0.39, 0.29) is 28.1 Å². The van der Waals surface area contributed by atoms with Crippen LogP contribution in [0.3, 0.4) is 0 Å². The molecule has 2 N–H and O–H groups in total. The first-order chi connectivity index (χ1) is 9.04. The van der Waals surface area contributed by atoms with Crippen LogP contribution in [0.4, 0.5) is 0 Å². The van der Waals surface area contributed by atoms with E-state index in [1.54, 1.807) is 0 Å². The van der Waals surface area contributed by atoms with Crippen molar-refractivity contribution < 1.29 is 12.6 Å². The molecule has 1 saturated carbocycles. The lowest BCUT2D eigenvalue weighted by Crippen LogP contribution is -2.41. The molecular weight excluding hydrogens is 294 g/mol. The van der Waals surface area contributed by atoms with Gasteiger partial charge in [0.2, 0.25) is 0 Å². The van der Waals surface area contributed by atoms with Gasteiger partial charge in [0, 0.05) is 28.1 Å². The molecule has 0 aromatic carbocycles. The van der Waals surface area contributed by atoms with Gasteiger partial charge in [0.15, 0.2) is 0 Å². The first-order valence-electron chi connectivity index (χ1n) is 7.29. The Labute approximate surface area is 126 Å². The summed E-state index contributed by atoms with van der Waals surface area (Å²) in [5, 5.41) is 0.0553. The molecule has 0 aromatic rings. The first kappa shape index (κ1) is 18.1. The van der Waals surface area contributed by atoms with Gasteiger partial charge in [0.25, 0.3) is 0 Å². The minimum atomic E-state index is -3.05.